The Labute approximate surface area is 376 Å². The van der Waals surface area contributed by atoms with Crippen LogP contribution >= 0.6 is 0 Å². The molecule has 0 aromatic carbocycles. The van der Waals surface area contributed by atoms with Crippen LogP contribution in [0.1, 0.15) is 219 Å². The molecule has 1 N–H and O–H groups in total. The topological polar surface area (TPSA) is 99.1 Å². The van der Waals surface area contributed by atoms with Gasteiger partial charge in [-0.2, -0.15) is 0 Å². The molecule has 0 aliphatic heterocycles. The van der Waals surface area contributed by atoms with Crippen molar-refractivity contribution in [3.05, 3.63) is 48.6 Å². The lowest BCUT2D eigenvalue weighted by Crippen LogP contribution is -2.50. The van der Waals surface area contributed by atoms with Gasteiger partial charge in [0.25, 0.3) is 0 Å². The van der Waals surface area contributed by atoms with Crippen LogP contribution in [0.5, 0.6) is 0 Å². The van der Waals surface area contributed by atoms with Crippen LogP contribution in [0, 0.1) is 0 Å². The van der Waals surface area contributed by atoms with Gasteiger partial charge >= 0.3 is 17.9 Å². The molecule has 0 heterocycles. The van der Waals surface area contributed by atoms with Gasteiger partial charge in [0.2, 0.25) is 0 Å². The van der Waals surface area contributed by atoms with Crippen LogP contribution in [0.4, 0.5) is 0 Å². The van der Waals surface area contributed by atoms with E-state index in [4.69, 9.17) is 14.2 Å². The van der Waals surface area contributed by atoms with Crippen molar-refractivity contribution in [2.45, 2.75) is 231 Å². The van der Waals surface area contributed by atoms with Gasteiger partial charge in [0.15, 0.2) is 12.1 Å². The summed E-state index contributed by atoms with van der Waals surface area (Å²) in [5.41, 5.74) is 0. The SMILES string of the molecule is CC/C=C/C/C=C/C/C=C/C/C=C/CCCCCCCCC(=O)OC(COCCC(C(=O)O)[N+](C)(C)C)COC(=O)CCCCCCCCCCCCCCCCCCCC. The molecule has 0 spiro atoms. The molecule has 0 fully saturated rings. The molecule has 0 aliphatic carbocycles. The number of quaternary nitrogens is 1. The summed E-state index contributed by atoms with van der Waals surface area (Å²) in [5.74, 6) is -1.48. The zero-order valence-electron chi connectivity index (χ0n) is 40.4. The fourth-order valence-corrected chi connectivity index (χ4v) is 7.38. The summed E-state index contributed by atoms with van der Waals surface area (Å²) in [5, 5.41) is 9.65. The van der Waals surface area contributed by atoms with Crippen molar-refractivity contribution in [1.82, 2.24) is 0 Å². The molecule has 0 rings (SSSR count). The highest BCUT2D eigenvalue weighted by atomic mass is 16.6. The molecule has 0 aromatic rings. The molecule has 8 nitrogen and oxygen atoms in total. The lowest BCUT2D eigenvalue weighted by molar-refractivity contribution is -0.887. The van der Waals surface area contributed by atoms with Crippen molar-refractivity contribution in [2.75, 3.05) is 41.0 Å². The third kappa shape index (κ3) is 42.4. The molecule has 0 amide bonds. The lowest BCUT2D eigenvalue weighted by Gasteiger charge is -2.31. The van der Waals surface area contributed by atoms with E-state index in [2.05, 4.69) is 62.5 Å². The molecular formula is C53H96NO7+. The molecule has 61 heavy (non-hydrogen) atoms. The normalized spacial score (nSPS) is 13.3. The Morgan fingerprint density at radius 3 is 1.36 bits per heavy atom. The smallest absolute Gasteiger partial charge is 0.362 e. The average Bonchev–Trinajstić information content (AvgIpc) is 3.22. The average molecular weight is 859 g/mol. The van der Waals surface area contributed by atoms with Crippen molar-refractivity contribution < 1.29 is 38.2 Å². The maximum absolute atomic E-state index is 12.8. The number of carbonyl (C=O) groups excluding carboxylic acids is 2. The first-order valence-electron chi connectivity index (χ1n) is 25.2. The fourth-order valence-electron chi connectivity index (χ4n) is 7.38. The van der Waals surface area contributed by atoms with Crippen LogP contribution in [-0.2, 0) is 28.6 Å². The minimum atomic E-state index is -0.876. The van der Waals surface area contributed by atoms with E-state index in [9.17, 15) is 19.5 Å². The third-order valence-corrected chi connectivity index (χ3v) is 11.2. The number of hydrogen-bond donors (Lipinski definition) is 1. The number of carboxylic acid groups (broad SMARTS) is 1. The van der Waals surface area contributed by atoms with Gasteiger partial charge in [-0.25, -0.2) is 4.79 Å². The van der Waals surface area contributed by atoms with Gasteiger partial charge in [-0.15, -0.1) is 0 Å². The van der Waals surface area contributed by atoms with Gasteiger partial charge in [-0.3, -0.25) is 9.59 Å². The molecule has 0 bridgehead atoms. The zero-order valence-corrected chi connectivity index (χ0v) is 40.4. The predicted octanol–water partition coefficient (Wildman–Crippen LogP) is 14.4. The number of esters is 2. The number of carboxylic acids is 1. The molecule has 2 unspecified atom stereocenters. The molecule has 0 aromatic heterocycles. The summed E-state index contributed by atoms with van der Waals surface area (Å²) in [6, 6.07) is -0.618. The zero-order chi connectivity index (χ0) is 44.9. The highest BCUT2D eigenvalue weighted by Crippen LogP contribution is 2.16. The van der Waals surface area contributed by atoms with E-state index in [0.29, 0.717) is 19.3 Å². The van der Waals surface area contributed by atoms with Gasteiger partial charge < -0.3 is 23.8 Å². The second-order valence-electron chi connectivity index (χ2n) is 18.1. The maximum atomic E-state index is 12.8. The van der Waals surface area contributed by atoms with Crippen LogP contribution in [0.25, 0.3) is 0 Å². The van der Waals surface area contributed by atoms with Gasteiger partial charge in [-0.1, -0.05) is 197 Å². The van der Waals surface area contributed by atoms with E-state index in [1.807, 2.05) is 21.1 Å². The standard InChI is InChI=1S/C53H95NO7/c1-6-8-10-12-14-16-18-20-22-24-26-28-30-32-34-36-38-40-42-44-52(56)61-49(47-59-46-45-50(53(57)58)54(3,4)5)48-60-51(55)43-41-39-37-35-33-31-29-27-25-23-21-19-17-15-13-11-9-7-2/h8,10,14,16,20,22,26,28,49-50H,6-7,9,11-13,15,17-19,21,23-25,27,29-48H2,1-5H3/p+1/b10-8+,16-14+,22-20+,28-26+. The summed E-state index contributed by atoms with van der Waals surface area (Å²) >= 11 is 0. The Bertz CT molecular complexity index is 1140. The summed E-state index contributed by atoms with van der Waals surface area (Å²) in [4.78, 5) is 37.1. The monoisotopic (exact) mass is 859 g/mol. The van der Waals surface area contributed by atoms with Crippen molar-refractivity contribution in [3.8, 4) is 0 Å². The van der Waals surface area contributed by atoms with Gasteiger partial charge in [0, 0.05) is 19.3 Å². The summed E-state index contributed by atoms with van der Waals surface area (Å²) in [6.07, 6.45) is 53.0. The first-order chi connectivity index (χ1) is 29.6. The summed E-state index contributed by atoms with van der Waals surface area (Å²) in [6.45, 7) is 4.64. The van der Waals surface area contributed by atoms with Crippen LogP contribution in [-0.4, -0.2) is 80.6 Å². The van der Waals surface area contributed by atoms with Crippen molar-refractivity contribution >= 4 is 17.9 Å². The number of nitrogens with zero attached hydrogens (tertiary/aromatic N) is 1. The van der Waals surface area contributed by atoms with E-state index in [1.54, 1.807) is 0 Å². The molecule has 354 valence electrons. The number of aliphatic carboxylic acids is 1. The minimum Gasteiger partial charge on any atom is -0.477 e. The lowest BCUT2D eigenvalue weighted by atomic mass is 10.0. The first-order valence-corrected chi connectivity index (χ1v) is 25.2. The minimum absolute atomic E-state index is 0.0550. The maximum Gasteiger partial charge on any atom is 0.362 e. The quantitative estimate of drug-likeness (QED) is 0.0282. The third-order valence-electron chi connectivity index (χ3n) is 11.2. The number of allylic oxidation sites excluding steroid dienone is 8. The van der Waals surface area contributed by atoms with E-state index < -0.39 is 18.1 Å². The van der Waals surface area contributed by atoms with Gasteiger partial charge in [0.05, 0.1) is 34.4 Å². The molecule has 0 aliphatic rings. The van der Waals surface area contributed by atoms with Crippen molar-refractivity contribution in [1.29, 1.82) is 0 Å². The number of likely N-dealkylation sites (N-methyl/N-ethyl adjacent to an activating group) is 1. The van der Waals surface area contributed by atoms with Gasteiger partial charge in [-0.05, 0) is 51.4 Å². The van der Waals surface area contributed by atoms with Crippen LogP contribution in [0.15, 0.2) is 48.6 Å². The highest BCUT2D eigenvalue weighted by molar-refractivity contribution is 5.72. The Hall–Kier alpha value is -2.71. The van der Waals surface area contributed by atoms with Crippen LogP contribution in [0.3, 0.4) is 0 Å². The van der Waals surface area contributed by atoms with E-state index in [1.165, 1.54) is 109 Å². The molecular weight excluding hydrogens is 763 g/mol. The Balaban J connectivity index is 4.27. The molecule has 0 saturated carbocycles. The van der Waals surface area contributed by atoms with E-state index in [0.717, 1.165) is 77.0 Å². The van der Waals surface area contributed by atoms with Crippen molar-refractivity contribution in [2.24, 2.45) is 0 Å². The number of rotatable bonds is 45. The highest BCUT2D eigenvalue weighted by Gasteiger charge is 2.31. The second-order valence-corrected chi connectivity index (χ2v) is 18.1. The van der Waals surface area contributed by atoms with Crippen LogP contribution in [0.2, 0.25) is 0 Å². The Morgan fingerprint density at radius 1 is 0.508 bits per heavy atom. The fraction of sp³-hybridized carbons (Fsp3) is 0.792. The summed E-state index contributed by atoms with van der Waals surface area (Å²) < 4.78 is 17.3. The van der Waals surface area contributed by atoms with Gasteiger partial charge in [0.1, 0.15) is 6.61 Å². The second kappa shape index (κ2) is 43.9. The molecule has 8 heteroatoms. The van der Waals surface area contributed by atoms with E-state index in [-0.39, 0.29) is 36.2 Å². The Morgan fingerprint density at radius 2 is 0.918 bits per heavy atom. The van der Waals surface area contributed by atoms with Crippen molar-refractivity contribution in [3.63, 3.8) is 0 Å². The van der Waals surface area contributed by atoms with E-state index >= 15 is 0 Å². The predicted molar refractivity (Wildman–Crippen MR) is 257 cm³/mol. The first kappa shape index (κ1) is 58.3. The number of ether oxygens (including phenoxy) is 3. The largest absolute Gasteiger partial charge is 0.477 e. The number of hydrogen-bond acceptors (Lipinski definition) is 6. The molecule has 2 atom stereocenters. The van der Waals surface area contributed by atoms with Crippen LogP contribution < -0.4 is 0 Å². The number of carbonyl (C=O) groups is 3. The Kier molecular flexibility index (Phi) is 42.0. The summed E-state index contributed by atoms with van der Waals surface area (Å²) in [7, 11) is 5.53. The molecule has 0 saturated heterocycles. The molecule has 0 radical (unpaired) electrons. The number of unbranched alkanes of at least 4 members (excludes halogenated alkanes) is 23.